The van der Waals surface area contributed by atoms with Gasteiger partial charge in [0.2, 0.25) is 0 Å². The first kappa shape index (κ1) is 24.0. The molecular weight excluding hydrogens is 500 g/mol. The van der Waals surface area contributed by atoms with Crippen LogP contribution < -0.4 is 10.1 Å². The normalized spacial score (nSPS) is 21.0. The van der Waals surface area contributed by atoms with Crippen LogP contribution in [-0.2, 0) is 11.2 Å². The summed E-state index contributed by atoms with van der Waals surface area (Å²) in [6.07, 6.45) is -2.86. The standard InChI is InChI=1S/C19H27F3N4O2.HI/c1-23-18(26-9-7-16(14-26)25-10-12-27-13-11-25)24-8-6-15-2-4-17(5-3-15)28-19(20,21)22;/h2-5,16H,6-14H2,1H3,(H,23,24);1H. The van der Waals surface area contributed by atoms with Crippen molar-refractivity contribution < 1.29 is 22.6 Å². The summed E-state index contributed by atoms with van der Waals surface area (Å²) in [5, 5.41) is 3.36. The molecule has 0 aromatic heterocycles. The van der Waals surface area contributed by atoms with Gasteiger partial charge in [-0.1, -0.05) is 12.1 Å². The highest BCUT2D eigenvalue weighted by Gasteiger charge is 2.31. The lowest BCUT2D eigenvalue weighted by molar-refractivity contribution is -0.274. The lowest BCUT2D eigenvalue weighted by Gasteiger charge is -2.32. The van der Waals surface area contributed by atoms with Crippen molar-refractivity contribution in [3.63, 3.8) is 0 Å². The Morgan fingerprint density at radius 2 is 1.90 bits per heavy atom. The summed E-state index contributed by atoms with van der Waals surface area (Å²) in [7, 11) is 1.77. The Bertz CT molecular complexity index is 652. The van der Waals surface area contributed by atoms with Crippen LogP contribution in [0.4, 0.5) is 13.2 Å². The number of rotatable bonds is 5. The van der Waals surface area contributed by atoms with Gasteiger partial charge < -0.3 is 19.7 Å². The van der Waals surface area contributed by atoms with E-state index in [9.17, 15) is 13.2 Å². The molecule has 2 saturated heterocycles. The Hall–Kier alpha value is -1.27. The van der Waals surface area contributed by atoms with E-state index in [1.807, 2.05) is 0 Å². The van der Waals surface area contributed by atoms with Gasteiger partial charge in [-0.05, 0) is 30.5 Å². The molecule has 6 nitrogen and oxygen atoms in total. The number of halogens is 4. The zero-order chi connectivity index (χ0) is 20.0. The molecule has 0 saturated carbocycles. The largest absolute Gasteiger partial charge is 0.573 e. The zero-order valence-corrected chi connectivity index (χ0v) is 18.8. The van der Waals surface area contributed by atoms with Crippen molar-refractivity contribution in [1.82, 2.24) is 15.1 Å². The quantitative estimate of drug-likeness (QED) is 0.362. The van der Waals surface area contributed by atoms with E-state index in [1.54, 1.807) is 19.2 Å². The Balaban J connectivity index is 0.00000300. The van der Waals surface area contributed by atoms with Crippen molar-refractivity contribution in [2.45, 2.75) is 25.2 Å². The Morgan fingerprint density at radius 1 is 1.21 bits per heavy atom. The van der Waals surface area contributed by atoms with E-state index >= 15 is 0 Å². The van der Waals surface area contributed by atoms with Gasteiger partial charge >= 0.3 is 6.36 Å². The molecule has 2 heterocycles. The topological polar surface area (TPSA) is 49.3 Å². The zero-order valence-electron chi connectivity index (χ0n) is 16.5. The average Bonchev–Trinajstić information content (AvgIpc) is 3.16. The van der Waals surface area contributed by atoms with Gasteiger partial charge in [0.1, 0.15) is 5.75 Å². The third kappa shape index (κ3) is 7.49. The number of guanidine groups is 1. The van der Waals surface area contributed by atoms with E-state index in [0.717, 1.165) is 57.3 Å². The molecule has 2 fully saturated rings. The molecule has 0 spiro atoms. The molecule has 0 amide bonds. The number of hydrogen-bond donors (Lipinski definition) is 1. The van der Waals surface area contributed by atoms with E-state index in [2.05, 4.69) is 24.8 Å². The second-order valence-electron chi connectivity index (χ2n) is 6.95. The van der Waals surface area contributed by atoms with E-state index in [0.29, 0.717) is 19.0 Å². The molecule has 164 valence electrons. The van der Waals surface area contributed by atoms with Crippen LogP contribution in [-0.4, -0.2) is 81.1 Å². The average molecular weight is 528 g/mol. The van der Waals surface area contributed by atoms with Crippen LogP contribution in [0.2, 0.25) is 0 Å². The molecule has 0 radical (unpaired) electrons. The van der Waals surface area contributed by atoms with Crippen LogP contribution in [0.5, 0.6) is 5.75 Å². The van der Waals surface area contributed by atoms with E-state index in [4.69, 9.17) is 4.74 Å². The number of benzene rings is 1. The van der Waals surface area contributed by atoms with E-state index < -0.39 is 6.36 Å². The van der Waals surface area contributed by atoms with Crippen molar-refractivity contribution in [2.24, 2.45) is 4.99 Å². The van der Waals surface area contributed by atoms with Crippen LogP contribution in [0.15, 0.2) is 29.3 Å². The Kier molecular flexibility index (Phi) is 9.28. The molecule has 29 heavy (non-hydrogen) atoms. The van der Waals surface area contributed by atoms with Gasteiger partial charge in [0, 0.05) is 45.8 Å². The summed E-state index contributed by atoms with van der Waals surface area (Å²) in [5.74, 6) is 0.666. The fourth-order valence-corrected chi connectivity index (χ4v) is 3.68. The number of morpholine rings is 1. The molecule has 1 N–H and O–H groups in total. The van der Waals surface area contributed by atoms with Gasteiger partial charge in [0.05, 0.1) is 13.2 Å². The minimum Gasteiger partial charge on any atom is -0.406 e. The van der Waals surface area contributed by atoms with Gasteiger partial charge in [-0.3, -0.25) is 9.89 Å². The molecule has 2 aliphatic heterocycles. The lowest BCUT2D eigenvalue weighted by Crippen LogP contribution is -2.46. The highest BCUT2D eigenvalue weighted by atomic mass is 127. The molecular formula is C19H28F3IN4O2. The first-order valence-corrected chi connectivity index (χ1v) is 9.57. The number of hydrogen-bond acceptors (Lipinski definition) is 4. The fourth-order valence-electron chi connectivity index (χ4n) is 3.68. The van der Waals surface area contributed by atoms with Crippen LogP contribution in [0, 0.1) is 0 Å². The maximum atomic E-state index is 12.2. The second kappa shape index (κ2) is 11.2. The van der Waals surface area contributed by atoms with Crippen molar-refractivity contribution in [2.75, 3.05) is 53.0 Å². The Labute approximate surface area is 186 Å². The highest BCUT2D eigenvalue weighted by molar-refractivity contribution is 14.0. The minimum atomic E-state index is -4.66. The maximum Gasteiger partial charge on any atom is 0.573 e. The van der Waals surface area contributed by atoms with Gasteiger partial charge in [-0.2, -0.15) is 0 Å². The van der Waals surface area contributed by atoms with Crippen LogP contribution >= 0.6 is 24.0 Å². The predicted molar refractivity (Wildman–Crippen MR) is 116 cm³/mol. The third-order valence-corrected chi connectivity index (χ3v) is 5.09. The molecule has 1 atom stereocenters. The molecule has 1 unspecified atom stereocenters. The molecule has 3 rings (SSSR count). The monoisotopic (exact) mass is 528 g/mol. The number of ether oxygens (including phenoxy) is 2. The lowest BCUT2D eigenvalue weighted by atomic mass is 10.1. The van der Waals surface area contributed by atoms with Crippen LogP contribution in [0.1, 0.15) is 12.0 Å². The van der Waals surface area contributed by atoms with Crippen molar-refractivity contribution in [3.8, 4) is 5.75 Å². The maximum absolute atomic E-state index is 12.2. The summed E-state index contributed by atoms with van der Waals surface area (Å²) in [6.45, 7) is 6.14. The summed E-state index contributed by atoms with van der Waals surface area (Å²) < 4.78 is 45.9. The summed E-state index contributed by atoms with van der Waals surface area (Å²) in [4.78, 5) is 9.13. The summed E-state index contributed by atoms with van der Waals surface area (Å²) in [5.41, 5.74) is 0.935. The van der Waals surface area contributed by atoms with Gasteiger partial charge in [0.25, 0.3) is 0 Å². The summed E-state index contributed by atoms with van der Waals surface area (Å²) in [6, 6.07) is 6.51. The first-order valence-electron chi connectivity index (χ1n) is 9.57. The van der Waals surface area contributed by atoms with Gasteiger partial charge in [0.15, 0.2) is 5.96 Å². The number of aliphatic imine (C=N–C) groups is 1. The molecule has 2 aliphatic rings. The molecule has 0 bridgehead atoms. The second-order valence-corrected chi connectivity index (χ2v) is 6.95. The summed E-state index contributed by atoms with van der Waals surface area (Å²) >= 11 is 0. The van der Waals surface area contributed by atoms with Crippen LogP contribution in [0.3, 0.4) is 0 Å². The first-order chi connectivity index (χ1) is 13.4. The van der Waals surface area contributed by atoms with Gasteiger partial charge in [-0.25, -0.2) is 0 Å². The van der Waals surface area contributed by atoms with Crippen LogP contribution in [0.25, 0.3) is 0 Å². The fraction of sp³-hybridized carbons (Fsp3) is 0.632. The number of likely N-dealkylation sites (tertiary alicyclic amines) is 1. The highest BCUT2D eigenvalue weighted by Crippen LogP contribution is 2.23. The SMILES string of the molecule is CN=C(NCCc1ccc(OC(F)(F)F)cc1)N1CCC(N2CCOCC2)C1.I. The molecule has 10 heteroatoms. The van der Waals surface area contributed by atoms with Crippen molar-refractivity contribution in [1.29, 1.82) is 0 Å². The molecule has 1 aromatic rings. The number of nitrogens with one attached hydrogen (secondary N) is 1. The predicted octanol–water partition coefficient (Wildman–Crippen LogP) is 2.73. The van der Waals surface area contributed by atoms with Crippen molar-refractivity contribution >= 4 is 29.9 Å². The van der Waals surface area contributed by atoms with Gasteiger partial charge in [-0.15, -0.1) is 37.1 Å². The molecule has 0 aliphatic carbocycles. The van der Waals surface area contributed by atoms with E-state index in [1.165, 1.54) is 12.1 Å². The molecule has 1 aromatic carbocycles. The smallest absolute Gasteiger partial charge is 0.406 e. The number of nitrogens with zero attached hydrogens (tertiary/aromatic N) is 3. The van der Waals surface area contributed by atoms with Crippen molar-refractivity contribution in [3.05, 3.63) is 29.8 Å². The third-order valence-electron chi connectivity index (χ3n) is 5.09. The minimum absolute atomic E-state index is 0. The van der Waals surface area contributed by atoms with E-state index in [-0.39, 0.29) is 29.7 Å². The number of alkyl halides is 3. The Morgan fingerprint density at radius 3 is 2.52 bits per heavy atom.